The number of aliphatic hydroxyl groups excluding tert-OH is 2. The summed E-state index contributed by atoms with van der Waals surface area (Å²) in [5.74, 6) is 0. The molecule has 0 heterocycles. The summed E-state index contributed by atoms with van der Waals surface area (Å²) in [6.07, 6.45) is 6.72. The van der Waals surface area contributed by atoms with Gasteiger partial charge in [-0.15, -0.1) is 0 Å². The van der Waals surface area contributed by atoms with Gasteiger partial charge in [0.05, 0.1) is 0 Å². The van der Waals surface area contributed by atoms with E-state index in [9.17, 15) is 0 Å². The molecule has 0 unspecified atom stereocenters. The molecule has 0 rings (SSSR count). The van der Waals surface area contributed by atoms with Gasteiger partial charge in [-0.25, -0.2) is 0 Å². The van der Waals surface area contributed by atoms with Crippen LogP contribution in [0.15, 0.2) is 0 Å². The molecule has 0 aliphatic rings. The minimum absolute atomic E-state index is 0. The van der Waals surface area contributed by atoms with Gasteiger partial charge in [-0.05, 0) is 12.8 Å². The molecular weight excluding hydrogens is 197 g/mol. The molecule has 2 nitrogen and oxygen atoms in total. The van der Waals surface area contributed by atoms with Crippen LogP contribution in [0.2, 0.25) is 0 Å². The van der Waals surface area contributed by atoms with Crippen LogP contribution in [0.3, 0.4) is 0 Å². The molecule has 0 atom stereocenters. The Morgan fingerprint density at radius 1 is 0.692 bits per heavy atom. The topological polar surface area (TPSA) is 40.5 Å². The van der Waals surface area contributed by atoms with E-state index < -0.39 is 0 Å². The quantitative estimate of drug-likeness (QED) is 0.676. The maximum atomic E-state index is 8.29. The standard InChI is InChI=1S/C6H14O.C4H10O.Sc/c1-2-3-4-5-6-7;1-2-3-4-5;/h7H,2-6H2,1H3;5H,2-4H2,1H3;. The second kappa shape index (κ2) is 23.0. The Bertz CT molecular complexity index is 54.9. The van der Waals surface area contributed by atoms with Gasteiger partial charge in [0.25, 0.3) is 0 Å². The van der Waals surface area contributed by atoms with Gasteiger partial charge in [-0.3, -0.25) is 0 Å². The molecule has 0 amide bonds. The number of hydrogen-bond donors (Lipinski definition) is 2. The molecule has 13 heavy (non-hydrogen) atoms. The van der Waals surface area contributed by atoms with Crippen molar-refractivity contribution >= 4 is 0 Å². The molecule has 3 heteroatoms. The molecule has 2 N–H and O–H groups in total. The smallest absolute Gasteiger partial charge is 0.0431 e. The van der Waals surface area contributed by atoms with Crippen molar-refractivity contribution < 1.29 is 36.1 Å². The van der Waals surface area contributed by atoms with Gasteiger partial charge in [0.1, 0.15) is 0 Å². The first-order valence-corrected chi connectivity index (χ1v) is 5.05. The summed E-state index contributed by atoms with van der Waals surface area (Å²) in [4.78, 5) is 0. The molecule has 79 valence electrons. The Kier molecular flexibility index (Phi) is 34.3. The second-order valence-electron chi connectivity index (χ2n) is 2.86. The third-order valence-electron chi connectivity index (χ3n) is 1.52. The molecule has 0 aromatic heterocycles. The van der Waals surface area contributed by atoms with Gasteiger partial charge in [0.2, 0.25) is 0 Å². The fraction of sp³-hybridized carbons (Fsp3) is 1.00. The zero-order chi connectivity index (χ0) is 9.66. The minimum atomic E-state index is 0. The molecule has 1 radical (unpaired) electrons. The van der Waals surface area contributed by atoms with Gasteiger partial charge < -0.3 is 10.2 Å². The van der Waals surface area contributed by atoms with Crippen molar-refractivity contribution in [3.05, 3.63) is 0 Å². The third-order valence-corrected chi connectivity index (χ3v) is 1.52. The molecule has 0 fully saturated rings. The number of aliphatic hydroxyl groups is 2. The fourth-order valence-electron chi connectivity index (χ4n) is 0.697. The predicted molar refractivity (Wildman–Crippen MR) is 53.2 cm³/mol. The first kappa shape index (κ1) is 19.4. The van der Waals surface area contributed by atoms with E-state index in [1.165, 1.54) is 19.3 Å². The van der Waals surface area contributed by atoms with Crippen LogP contribution in [0.5, 0.6) is 0 Å². The summed E-state index contributed by atoms with van der Waals surface area (Å²) >= 11 is 0. The van der Waals surface area contributed by atoms with Gasteiger partial charge in [-0.2, -0.15) is 0 Å². The van der Waals surface area contributed by atoms with Crippen molar-refractivity contribution in [2.24, 2.45) is 0 Å². The van der Waals surface area contributed by atoms with Crippen LogP contribution < -0.4 is 0 Å². The average molecular weight is 221 g/mol. The van der Waals surface area contributed by atoms with E-state index >= 15 is 0 Å². The molecular formula is C10H24O2Sc. The fourth-order valence-corrected chi connectivity index (χ4v) is 0.697. The molecule has 0 aromatic carbocycles. The van der Waals surface area contributed by atoms with Crippen LogP contribution in [0.25, 0.3) is 0 Å². The van der Waals surface area contributed by atoms with Crippen LogP contribution >= 0.6 is 0 Å². The Morgan fingerprint density at radius 2 is 1.15 bits per heavy atom. The van der Waals surface area contributed by atoms with Crippen LogP contribution in [0.1, 0.15) is 52.4 Å². The van der Waals surface area contributed by atoms with E-state index in [0.29, 0.717) is 13.2 Å². The monoisotopic (exact) mass is 221 g/mol. The van der Waals surface area contributed by atoms with Crippen molar-refractivity contribution in [2.45, 2.75) is 52.4 Å². The molecule has 0 saturated heterocycles. The normalized spacial score (nSPS) is 8.31. The third kappa shape index (κ3) is 32.3. The van der Waals surface area contributed by atoms with Crippen LogP contribution in [-0.2, 0) is 25.8 Å². The predicted octanol–water partition coefficient (Wildman–Crippen LogP) is 2.34. The van der Waals surface area contributed by atoms with E-state index in [0.717, 1.165) is 19.3 Å². The Balaban J connectivity index is -0.000000150. The Labute approximate surface area is 102 Å². The summed E-state index contributed by atoms with van der Waals surface area (Å²) in [5, 5.41) is 16.4. The van der Waals surface area contributed by atoms with Crippen molar-refractivity contribution in [1.82, 2.24) is 0 Å². The summed E-state index contributed by atoms with van der Waals surface area (Å²) in [6.45, 7) is 4.92. The van der Waals surface area contributed by atoms with Gasteiger partial charge in [0.15, 0.2) is 0 Å². The van der Waals surface area contributed by atoms with Crippen molar-refractivity contribution in [3.63, 3.8) is 0 Å². The van der Waals surface area contributed by atoms with Crippen LogP contribution in [-0.4, -0.2) is 23.4 Å². The minimum Gasteiger partial charge on any atom is -0.396 e. The summed E-state index contributed by atoms with van der Waals surface area (Å²) in [6, 6.07) is 0. The summed E-state index contributed by atoms with van der Waals surface area (Å²) < 4.78 is 0. The zero-order valence-corrected chi connectivity index (χ0v) is 10.9. The zero-order valence-electron chi connectivity index (χ0n) is 9.13. The van der Waals surface area contributed by atoms with E-state index in [2.05, 4.69) is 13.8 Å². The molecule has 0 aliphatic heterocycles. The Hall–Kier alpha value is 0.790. The molecule has 0 bridgehead atoms. The Morgan fingerprint density at radius 3 is 1.38 bits per heavy atom. The molecule has 0 saturated carbocycles. The van der Waals surface area contributed by atoms with Crippen molar-refractivity contribution in [1.29, 1.82) is 0 Å². The van der Waals surface area contributed by atoms with Gasteiger partial charge >= 0.3 is 0 Å². The van der Waals surface area contributed by atoms with Crippen molar-refractivity contribution in [2.75, 3.05) is 13.2 Å². The largest absolute Gasteiger partial charge is 0.396 e. The summed E-state index contributed by atoms with van der Waals surface area (Å²) in [7, 11) is 0. The number of hydrogen-bond acceptors (Lipinski definition) is 2. The van der Waals surface area contributed by atoms with Crippen molar-refractivity contribution in [3.8, 4) is 0 Å². The van der Waals surface area contributed by atoms with Gasteiger partial charge in [-0.1, -0.05) is 39.5 Å². The van der Waals surface area contributed by atoms with E-state index in [-0.39, 0.29) is 25.8 Å². The second-order valence-corrected chi connectivity index (χ2v) is 2.86. The first-order chi connectivity index (χ1) is 5.83. The molecule has 0 spiro atoms. The SMILES string of the molecule is CCCCCCO.CCCCO.[Sc]. The average Bonchev–Trinajstić information content (AvgIpc) is 2.08. The van der Waals surface area contributed by atoms with E-state index in [1.807, 2.05) is 0 Å². The number of unbranched alkanes of at least 4 members (excludes halogenated alkanes) is 4. The summed E-state index contributed by atoms with van der Waals surface area (Å²) in [5.41, 5.74) is 0. The van der Waals surface area contributed by atoms with E-state index in [4.69, 9.17) is 10.2 Å². The number of rotatable bonds is 6. The maximum Gasteiger partial charge on any atom is 0.0431 e. The molecule has 0 aliphatic carbocycles. The van der Waals surface area contributed by atoms with Crippen LogP contribution in [0, 0.1) is 0 Å². The molecule has 0 aromatic rings. The first-order valence-electron chi connectivity index (χ1n) is 5.05. The maximum absolute atomic E-state index is 8.29. The van der Waals surface area contributed by atoms with E-state index in [1.54, 1.807) is 0 Å². The van der Waals surface area contributed by atoms with Crippen LogP contribution in [0.4, 0.5) is 0 Å². The van der Waals surface area contributed by atoms with Gasteiger partial charge in [0, 0.05) is 39.1 Å².